The molecule has 3 nitrogen and oxygen atoms in total. The highest BCUT2D eigenvalue weighted by molar-refractivity contribution is 6.30. The van der Waals surface area contributed by atoms with E-state index in [0.29, 0.717) is 11.8 Å². The summed E-state index contributed by atoms with van der Waals surface area (Å²) in [4.78, 5) is 2.47. The average molecular weight is 466 g/mol. The van der Waals surface area contributed by atoms with E-state index in [4.69, 9.17) is 11.6 Å². The first-order chi connectivity index (χ1) is 16.7. The van der Waals surface area contributed by atoms with Gasteiger partial charge >= 0.3 is 0 Å². The minimum Gasteiger partial charge on any atom is -0.367 e. The third-order valence-electron chi connectivity index (χ3n) is 6.96. The van der Waals surface area contributed by atoms with Crippen LogP contribution in [0.25, 0.3) is 10.8 Å². The molecule has 34 heavy (non-hydrogen) atoms. The van der Waals surface area contributed by atoms with Crippen molar-refractivity contribution in [2.24, 2.45) is 11.8 Å². The Morgan fingerprint density at radius 3 is 2.35 bits per heavy atom. The highest BCUT2D eigenvalue weighted by Gasteiger charge is 2.29. The maximum atomic E-state index is 9.57. The molecule has 0 amide bonds. The summed E-state index contributed by atoms with van der Waals surface area (Å²) in [5.41, 5.74) is 4.52. The fourth-order valence-corrected chi connectivity index (χ4v) is 5.30. The van der Waals surface area contributed by atoms with Crippen molar-refractivity contribution in [2.75, 3.05) is 24.5 Å². The van der Waals surface area contributed by atoms with Crippen molar-refractivity contribution in [1.29, 1.82) is 5.26 Å². The van der Waals surface area contributed by atoms with Crippen LogP contribution in [0.2, 0.25) is 5.02 Å². The smallest absolute Gasteiger partial charge is 0.0998 e. The molecule has 2 atom stereocenters. The van der Waals surface area contributed by atoms with Gasteiger partial charge in [-0.05, 0) is 83.6 Å². The highest BCUT2D eigenvalue weighted by Crippen LogP contribution is 2.29. The summed E-state index contributed by atoms with van der Waals surface area (Å²) in [5.74, 6) is 1.13. The van der Waals surface area contributed by atoms with Crippen LogP contribution in [0, 0.1) is 23.2 Å². The van der Waals surface area contributed by atoms with E-state index in [0.717, 1.165) is 54.0 Å². The highest BCUT2D eigenvalue weighted by atomic mass is 35.5. The minimum absolute atomic E-state index is 0.542. The summed E-state index contributed by atoms with van der Waals surface area (Å²) >= 11 is 6.21. The van der Waals surface area contributed by atoms with Crippen LogP contribution in [-0.2, 0) is 13.0 Å². The van der Waals surface area contributed by atoms with Gasteiger partial charge < -0.3 is 10.2 Å². The molecule has 2 unspecified atom stereocenters. The molecule has 1 aliphatic heterocycles. The predicted octanol–water partition coefficient (Wildman–Crippen LogP) is 6.45. The number of hydrogen-bond donors (Lipinski definition) is 1. The van der Waals surface area contributed by atoms with E-state index >= 15 is 0 Å². The number of anilines is 1. The van der Waals surface area contributed by atoms with Crippen LogP contribution in [0.5, 0.6) is 0 Å². The molecule has 1 N–H and O–H groups in total. The number of rotatable bonds is 7. The van der Waals surface area contributed by atoms with E-state index in [-0.39, 0.29) is 0 Å². The molecular weight excluding hydrogens is 438 g/mol. The second-order valence-corrected chi connectivity index (χ2v) is 9.59. The molecule has 0 aromatic heterocycles. The van der Waals surface area contributed by atoms with Gasteiger partial charge in [0.15, 0.2) is 0 Å². The van der Waals surface area contributed by atoms with Gasteiger partial charge in [-0.15, -0.1) is 0 Å². The lowest BCUT2D eigenvalue weighted by Crippen LogP contribution is -2.33. The predicted molar refractivity (Wildman–Crippen MR) is 141 cm³/mol. The Hall–Kier alpha value is -3.32. The van der Waals surface area contributed by atoms with E-state index in [2.05, 4.69) is 76.9 Å². The van der Waals surface area contributed by atoms with E-state index in [1.807, 2.05) is 30.3 Å². The summed E-state index contributed by atoms with van der Waals surface area (Å²) < 4.78 is 0. The molecule has 4 heteroatoms. The SMILES string of the molecule is N#Cc1cccc2c(CN(CC3CNCC3Cc3ccccc3)c3ccc(Cl)cc3)cccc12. The summed E-state index contributed by atoms with van der Waals surface area (Å²) in [7, 11) is 0. The van der Waals surface area contributed by atoms with E-state index < -0.39 is 0 Å². The van der Waals surface area contributed by atoms with Gasteiger partial charge in [0, 0.05) is 23.8 Å². The Morgan fingerprint density at radius 2 is 1.56 bits per heavy atom. The third-order valence-corrected chi connectivity index (χ3v) is 7.21. The second-order valence-electron chi connectivity index (χ2n) is 9.15. The lowest BCUT2D eigenvalue weighted by Gasteiger charge is -2.31. The molecule has 1 aliphatic rings. The Morgan fingerprint density at radius 1 is 0.824 bits per heavy atom. The standard InChI is InChI=1S/C30H28ClN3/c31-27-12-14-28(15-13-27)34(20-24-9-5-10-29-23(17-32)8-4-11-30(24)29)21-26-19-33-18-25(26)16-22-6-2-1-3-7-22/h1-15,25-26,33H,16,18-21H2. The van der Waals surface area contributed by atoms with Gasteiger partial charge in [-0.25, -0.2) is 0 Å². The van der Waals surface area contributed by atoms with Crippen molar-refractivity contribution in [1.82, 2.24) is 5.32 Å². The summed E-state index contributed by atoms with van der Waals surface area (Å²) in [6.45, 7) is 3.81. The fourth-order valence-electron chi connectivity index (χ4n) is 5.17. The van der Waals surface area contributed by atoms with Crippen molar-refractivity contribution in [2.45, 2.75) is 13.0 Å². The van der Waals surface area contributed by atoms with Crippen LogP contribution < -0.4 is 10.2 Å². The first-order valence-corrected chi connectivity index (χ1v) is 12.2. The maximum absolute atomic E-state index is 9.57. The molecule has 0 bridgehead atoms. The van der Waals surface area contributed by atoms with Gasteiger partial charge in [-0.1, -0.05) is 72.3 Å². The number of nitrogens with zero attached hydrogens (tertiary/aromatic N) is 2. The first kappa shape index (κ1) is 22.5. The zero-order valence-corrected chi connectivity index (χ0v) is 19.9. The summed E-state index contributed by atoms with van der Waals surface area (Å²) in [6.07, 6.45) is 1.09. The number of nitrogens with one attached hydrogen (secondary N) is 1. The van der Waals surface area contributed by atoms with Crippen molar-refractivity contribution in [3.8, 4) is 6.07 Å². The van der Waals surface area contributed by atoms with Crippen molar-refractivity contribution in [3.63, 3.8) is 0 Å². The molecule has 0 radical (unpaired) electrons. The zero-order valence-electron chi connectivity index (χ0n) is 19.1. The minimum atomic E-state index is 0.542. The van der Waals surface area contributed by atoms with Crippen LogP contribution in [0.3, 0.4) is 0 Å². The number of hydrogen-bond acceptors (Lipinski definition) is 3. The van der Waals surface area contributed by atoms with Gasteiger partial charge in [0.05, 0.1) is 11.6 Å². The van der Waals surface area contributed by atoms with Gasteiger partial charge in [0.25, 0.3) is 0 Å². The number of halogens is 1. The van der Waals surface area contributed by atoms with Crippen molar-refractivity contribution in [3.05, 3.63) is 113 Å². The summed E-state index contributed by atoms with van der Waals surface area (Å²) in [6, 6.07) is 33.6. The molecule has 4 aromatic carbocycles. The normalized spacial score (nSPS) is 17.5. The molecule has 5 rings (SSSR count). The lowest BCUT2D eigenvalue weighted by atomic mass is 9.89. The molecule has 0 saturated carbocycles. The molecule has 1 heterocycles. The van der Waals surface area contributed by atoms with Gasteiger partial charge in [-0.3, -0.25) is 0 Å². The second kappa shape index (κ2) is 10.3. The first-order valence-electron chi connectivity index (χ1n) is 11.9. The number of fused-ring (bicyclic) bond motifs is 1. The largest absolute Gasteiger partial charge is 0.367 e. The number of nitriles is 1. The van der Waals surface area contributed by atoms with Gasteiger partial charge in [0.2, 0.25) is 0 Å². The average Bonchev–Trinajstić information content (AvgIpc) is 3.31. The Balaban J connectivity index is 1.44. The molecule has 1 saturated heterocycles. The topological polar surface area (TPSA) is 39.1 Å². The Kier molecular flexibility index (Phi) is 6.81. The van der Waals surface area contributed by atoms with Crippen LogP contribution in [0.1, 0.15) is 16.7 Å². The molecule has 4 aromatic rings. The van der Waals surface area contributed by atoms with Crippen LogP contribution in [0.15, 0.2) is 91.0 Å². The van der Waals surface area contributed by atoms with E-state index in [1.165, 1.54) is 16.8 Å². The Bertz CT molecular complexity index is 1290. The lowest BCUT2D eigenvalue weighted by molar-refractivity contribution is 0.413. The monoisotopic (exact) mass is 465 g/mol. The van der Waals surface area contributed by atoms with E-state index in [9.17, 15) is 5.26 Å². The molecule has 0 aliphatic carbocycles. The van der Waals surface area contributed by atoms with Crippen molar-refractivity contribution < 1.29 is 0 Å². The number of benzene rings is 4. The molecule has 170 valence electrons. The van der Waals surface area contributed by atoms with Crippen LogP contribution in [-0.4, -0.2) is 19.6 Å². The summed E-state index contributed by atoms with van der Waals surface area (Å²) in [5, 5.41) is 16.1. The van der Waals surface area contributed by atoms with Crippen molar-refractivity contribution >= 4 is 28.1 Å². The quantitative estimate of drug-likeness (QED) is 0.341. The third kappa shape index (κ3) is 4.94. The molecular formula is C30H28ClN3. The maximum Gasteiger partial charge on any atom is 0.0998 e. The van der Waals surface area contributed by atoms with Gasteiger partial charge in [-0.2, -0.15) is 5.26 Å². The van der Waals surface area contributed by atoms with E-state index in [1.54, 1.807) is 0 Å². The fraction of sp³-hybridized carbons (Fsp3) is 0.233. The van der Waals surface area contributed by atoms with Gasteiger partial charge in [0.1, 0.15) is 0 Å². The van der Waals surface area contributed by atoms with Crippen LogP contribution in [0.4, 0.5) is 5.69 Å². The molecule has 1 fully saturated rings. The molecule has 0 spiro atoms. The Labute approximate surface area is 206 Å². The van der Waals surface area contributed by atoms with Crippen LogP contribution >= 0.6 is 11.6 Å². The zero-order chi connectivity index (χ0) is 23.3.